The van der Waals surface area contributed by atoms with Crippen LogP contribution in [0.3, 0.4) is 0 Å². The fraction of sp³-hybridized carbons (Fsp3) is 0.500. The van der Waals surface area contributed by atoms with Crippen molar-refractivity contribution in [3.63, 3.8) is 0 Å². The Morgan fingerprint density at radius 2 is 2.11 bits per heavy atom. The molecule has 100 valence electrons. The summed E-state index contributed by atoms with van der Waals surface area (Å²) in [5.41, 5.74) is 0.640. The van der Waals surface area contributed by atoms with Crippen molar-refractivity contribution in [1.29, 1.82) is 0 Å². The molecule has 0 fully saturated rings. The quantitative estimate of drug-likeness (QED) is 0.816. The van der Waals surface area contributed by atoms with Gasteiger partial charge >= 0.3 is 0 Å². The lowest BCUT2D eigenvalue weighted by molar-refractivity contribution is 0.0938. The number of hydrogen-bond acceptors (Lipinski definition) is 2. The number of anilines is 1. The number of para-hydroxylation sites is 1. The molecule has 0 aliphatic heterocycles. The molecule has 0 aliphatic rings. The zero-order chi connectivity index (χ0) is 13.5. The van der Waals surface area contributed by atoms with E-state index >= 15 is 0 Å². The molecular weight excluding hydrogens is 231 g/mol. The maximum absolute atomic E-state index is 13.6. The van der Waals surface area contributed by atoms with Crippen LogP contribution in [0.15, 0.2) is 18.2 Å². The molecule has 1 amide bonds. The number of carbonyl (C=O) groups excluding carboxylic acids is 1. The van der Waals surface area contributed by atoms with Crippen molar-refractivity contribution in [1.82, 2.24) is 5.32 Å². The molecule has 0 bridgehead atoms. The lowest BCUT2D eigenvalue weighted by Gasteiger charge is -2.15. The van der Waals surface area contributed by atoms with Crippen molar-refractivity contribution < 1.29 is 9.18 Å². The number of hydrogen-bond donors (Lipinski definition) is 2. The average molecular weight is 252 g/mol. The summed E-state index contributed by atoms with van der Waals surface area (Å²) in [7, 11) is 0. The first-order valence-electron chi connectivity index (χ1n) is 6.43. The number of halogens is 1. The van der Waals surface area contributed by atoms with Gasteiger partial charge in [0.1, 0.15) is 5.82 Å². The van der Waals surface area contributed by atoms with Gasteiger partial charge < -0.3 is 10.6 Å². The van der Waals surface area contributed by atoms with Crippen LogP contribution in [-0.4, -0.2) is 18.5 Å². The molecule has 1 unspecified atom stereocenters. The summed E-state index contributed by atoms with van der Waals surface area (Å²) in [5, 5.41) is 5.77. The van der Waals surface area contributed by atoms with E-state index in [1.165, 1.54) is 6.07 Å². The van der Waals surface area contributed by atoms with E-state index in [9.17, 15) is 9.18 Å². The Bertz CT molecular complexity index is 407. The second kappa shape index (κ2) is 6.99. The number of benzene rings is 1. The van der Waals surface area contributed by atoms with E-state index in [2.05, 4.69) is 17.6 Å². The van der Waals surface area contributed by atoms with Gasteiger partial charge in [0.2, 0.25) is 0 Å². The second-order valence-electron chi connectivity index (χ2n) is 4.36. The molecule has 1 aromatic carbocycles. The van der Waals surface area contributed by atoms with E-state index in [-0.39, 0.29) is 17.6 Å². The van der Waals surface area contributed by atoms with Gasteiger partial charge in [0.05, 0.1) is 11.3 Å². The van der Waals surface area contributed by atoms with Gasteiger partial charge in [-0.15, -0.1) is 0 Å². The van der Waals surface area contributed by atoms with Crippen LogP contribution in [-0.2, 0) is 0 Å². The summed E-state index contributed by atoms with van der Waals surface area (Å²) in [5.74, 6) is -0.626. The van der Waals surface area contributed by atoms with Crippen molar-refractivity contribution in [3.05, 3.63) is 29.6 Å². The van der Waals surface area contributed by atoms with Crippen LogP contribution in [0.25, 0.3) is 0 Å². The third kappa shape index (κ3) is 3.72. The molecule has 4 heteroatoms. The Kier molecular flexibility index (Phi) is 5.62. The highest BCUT2D eigenvalue weighted by molar-refractivity contribution is 5.99. The Labute approximate surface area is 108 Å². The fourth-order valence-corrected chi connectivity index (χ4v) is 1.88. The van der Waals surface area contributed by atoms with Gasteiger partial charge in [-0.05, 0) is 32.4 Å². The first-order valence-corrected chi connectivity index (χ1v) is 6.43. The number of nitrogens with one attached hydrogen (secondary N) is 2. The molecule has 18 heavy (non-hydrogen) atoms. The maximum Gasteiger partial charge on any atom is 0.253 e. The van der Waals surface area contributed by atoms with Gasteiger partial charge in [0.15, 0.2) is 0 Å². The lowest BCUT2D eigenvalue weighted by atomic mass is 10.1. The van der Waals surface area contributed by atoms with E-state index in [0.717, 1.165) is 12.8 Å². The molecule has 0 aromatic heterocycles. The standard InChI is InChI=1S/C14H21FN2O/c1-4-7-10(3)17-14(18)11-8-6-9-12(15)13(11)16-5-2/h6,8-10,16H,4-5,7H2,1-3H3,(H,17,18). The molecule has 0 aliphatic carbocycles. The summed E-state index contributed by atoms with van der Waals surface area (Å²) in [6, 6.07) is 4.63. The van der Waals surface area contributed by atoms with Crippen LogP contribution in [0.2, 0.25) is 0 Å². The molecular formula is C14H21FN2O. The minimum atomic E-state index is -0.396. The summed E-state index contributed by atoms with van der Waals surface area (Å²) >= 11 is 0. The highest BCUT2D eigenvalue weighted by Crippen LogP contribution is 2.19. The number of amides is 1. The molecule has 1 atom stereocenters. The predicted octanol–water partition coefficient (Wildman–Crippen LogP) is 3.18. The number of carbonyl (C=O) groups is 1. The van der Waals surface area contributed by atoms with E-state index in [1.54, 1.807) is 12.1 Å². The van der Waals surface area contributed by atoms with Crippen molar-refractivity contribution in [2.45, 2.75) is 39.7 Å². The monoisotopic (exact) mass is 252 g/mol. The molecule has 0 radical (unpaired) electrons. The van der Waals surface area contributed by atoms with Crippen molar-refractivity contribution >= 4 is 11.6 Å². The molecule has 1 rings (SSSR count). The first-order chi connectivity index (χ1) is 8.60. The first kappa shape index (κ1) is 14.5. The molecule has 0 spiro atoms. The van der Waals surface area contributed by atoms with Gasteiger partial charge in [-0.2, -0.15) is 0 Å². The van der Waals surface area contributed by atoms with Crippen LogP contribution in [0.5, 0.6) is 0 Å². The highest BCUT2D eigenvalue weighted by atomic mass is 19.1. The van der Waals surface area contributed by atoms with Gasteiger partial charge in [-0.25, -0.2) is 4.39 Å². The summed E-state index contributed by atoms with van der Waals surface area (Å²) < 4.78 is 13.6. The van der Waals surface area contributed by atoms with Gasteiger partial charge in [-0.1, -0.05) is 19.4 Å². The zero-order valence-electron chi connectivity index (χ0n) is 11.2. The molecule has 0 saturated carbocycles. The Hall–Kier alpha value is -1.58. The van der Waals surface area contributed by atoms with Crippen LogP contribution in [0.1, 0.15) is 44.0 Å². The largest absolute Gasteiger partial charge is 0.382 e. The summed E-state index contributed by atoms with van der Waals surface area (Å²) in [6.07, 6.45) is 1.92. The third-order valence-electron chi connectivity index (χ3n) is 2.71. The molecule has 0 heterocycles. The topological polar surface area (TPSA) is 41.1 Å². The predicted molar refractivity (Wildman–Crippen MR) is 72.4 cm³/mol. The number of rotatable bonds is 6. The molecule has 0 saturated heterocycles. The normalized spacial score (nSPS) is 12.0. The molecule has 2 N–H and O–H groups in total. The summed E-state index contributed by atoms with van der Waals surface area (Å²) in [6.45, 7) is 6.46. The average Bonchev–Trinajstić information content (AvgIpc) is 2.32. The van der Waals surface area contributed by atoms with Crippen LogP contribution in [0, 0.1) is 5.82 Å². The van der Waals surface area contributed by atoms with Gasteiger partial charge in [0.25, 0.3) is 5.91 Å². The van der Waals surface area contributed by atoms with Crippen LogP contribution >= 0.6 is 0 Å². The highest BCUT2D eigenvalue weighted by Gasteiger charge is 2.15. The Morgan fingerprint density at radius 3 is 2.72 bits per heavy atom. The van der Waals surface area contributed by atoms with E-state index < -0.39 is 5.82 Å². The fourth-order valence-electron chi connectivity index (χ4n) is 1.88. The smallest absolute Gasteiger partial charge is 0.253 e. The van der Waals surface area contributed by atoms with E-state index in [0.29, 0.717) is 12.1 Å². The third-order valence-corrected chi connectivity index (χ3v) is 2.71. The SMILES string of the molecule is CCCC(C)NC(=O)c1cccc(F)c1NCC. The van der Waals surface area contributed by atoms with E-state index in [4.69, 9.17) is 0 Å². The summed E-state index contributed by atoms with van der Waals surface area (Å²) in [4.78, 5) is 12.1. The van der Waals surface area contributed by atoms with Crippen molar-refractivity contribution in [2.24, 2.45) is 0 Å². The van der Waals surface area contributed by atoms with Crippen LogP contribution in [0.4, 0.5) is 10.1 Å². The van der Waals surface area contributed by atoms with Crippen molar-refractivity contribution in [3.8, 4) is 0 Å². The van der Waals surface area contributed by atoms with Crippen molar-refractivity contribution in [2.75, 3.05) is 11.9 Å². The maximum atomic E-state index is 13.6. The Balaban J connectivity index is 2.87. The molecule has 3 nitrogen and oxygen atoms in total. The minimum Gasteiger partial charge on any atom is -0.382 e. The van der Waals surface area contributed by atoms with E-state index in [1.807, 2.05) is 13.8 Å². The Morgan fingerprint density at radius 1 is 1.39 bits per heavy atom. The minimum absolute atomic E-state index is 0.0974. The zero-order valence-corrected chi connectivity index (χ0v) is 11.2. The second-order valence-corrected chi connectivity index (χ2v) is 4.36. The lowest BCUT2D eigenvalue weighted by Crippen LogP contribution is -2.33. The molecule has 1 aromatic rings. The van der Waals surface area contributed by atoms with Crippen LogP contribution < -0.4 is 10.6 Å². The van der Waals surface area contributed by atoms with Gasteiger partial charge in [0, 0.05) is 12.6 Å². The van der Waals surface area contributed by atoms with Gasteiger partial charge in [-0.3, -0.25) is 4.79 Å².